The first-order valence-corrected chi connectivity index (χ1v) is 12.0. The molecule has 0 saturated heterocycles. The van der Waals surface area contributed by atoms with Gasteiger partial charge in [-0.1, -0.05) is 12.5 Å². The number of ether oxygens (including phenoxy) is 1. The van der Waals surface area contributed by atoms with Crippen LogP contribution in [0.25, 0.3) is 16.6 Å². The third-order valence-corrected chi connectivity index (χ3v) is 7.50. The van der Waals surface area contributed by atoms with E-state index in [9.17, 15) is 0 Å². The first-order valence-electron chi connectivity index (χ1n) is 12.0. The molecule has 1 unspecified atom stereocenters. The van der Waals surface area contributed by atoms with E-state index in [-0.39, 0.29) is 0 Å². The number of amidine groups is 1. The van der Waals surface area contributed by atoms with Gasteiger partial charge in [0.25, 0.3) is 5.84 Å². The number of hydrogen-bond acceptors (Lipinski definition) is 5. The van der Waals surface area contributed by atoms with Gasteiger partial charge in [0.15, 0.2) is 0 Å². The van der Waals surface area contributed by atoms with Crippen LogP contribution in [-0.2, 0) is 0 Å². The van der Waals surface area contributed by atoms with Crippen LogP contribution in [0.1, 0.15) is 63.9 Å². The maximum Gasteiger partial charge on any atom is 0.256 e. The highest BCUT2D eigenvalue weighted by Crippen LogP contribution is 2.37. The van der Waals surface area contributed by atoms with Crippen molar-refractivity contribution in [3.05, 3.63) is 53.4 Å². The van der Waals surface area contributed by atoms with Crippen LogP contribution in [0.2, 0.25) is 0 Å². The molecule has 1 atom stereocenters. The van der Waals surface area contributed by atoms with E-state index in [1.54, 1.807) is 0 Å². The summed E-state index contributed by atoms with van der Waals surface area (Å²) in [5.74, 6) is 1.44. The molecule has 6 nitrogen and oxygen atoms in total. The van der Waals surface area contributed by atoms with E-state index >= 15 is 0 Å². The van der Waals surface area contributed by atoms with Crippen molar-refractivity contribution >= 4 is 22.4 Å². The number of likely N-dealkylation sites (N-methyl/N-ethyl adjacent to an activating group) is 1. The monoisotopic (exact) mass is 432 g/mol. The van der Waals surface area contributed by atoms with Gasteiger partial charge in [-0.05, 0) is 57.2 Å². The number of hydrogen-bond donors (Lipinski definition) is 3. The van der Waals surface area contributed by atoms with E-state index < -0.39 is 0 Å². The van der Waals surface area contributed by atoms with Crippen LogP contribution < -0.4 is 15.9 Å². The minimum absolute atomic E-state index is 0.354. The molecule has 2 heterocycles. The molecule has 3 aliphatic rings. The summed E-state index contributed by atoms with van der Waals surface area (Å²) in [4.78, 5) is 4.75. The average Bonchev–Trinajstić information content (AvgIpc) is 3.07. The number of nitrogens with two attached hydrogens (primary N) is 1. The lowest BCUT2D eigenvalue weighted by Crippen LogP contribution is -2.60. The molecule has 2 saturated carbocycles. The predicted octanol–water partition coefficient (Wildman–Crippen LogP) is 5.01. The Morgan fingerprint density at radius 1 is 1.16 bits per heavy atom. The van der Waals surface area contributed by atoms with Crippen LogP contribution in [0.4, 0.5) is 0 Å². The van der Waals surface area contributed by atoms with Crippen molar-refractivity contribution in [3.8, 4) is 5.75 Å². The number of nitrogens with one attached hydrogen (secondary N) is 2. The minimum Gasteiger partial charge on any atom is -0.490 e. The number of benzene rings is 1. The predicted molar refractivity (Wildman–Crippen MR) is 129 cm³/mol. The third-order valence-electron chi connectivity index (χ3n) is 7.50. The van der Waals surface area contributed by atoms with Crippen LogP contribution in [0.5, 0.6) is 5.75 Å². The van der Waals surface area contributed by atoms with Crippen molar-refractivity contribution < 1.29 is 9.33 Å². The molecule has 1 aliphatic heterocycles. The molecule has 0 radical (unpaired) electrons. The molecule has 2 fully saturated rings. The molecule has 0 bridgehead atoms. The number of quaternary nitrogens is 1. The van der Waals surface area contributed by atoms with Gasteiger partial charge in [-0.25, -0.2) is 10.8 Å². The third kappa shape index (κ3) is 3.56. The summed E-state index contributed by atoms with van der Waals surface area (Å²) in [6.45, 7) is 1.93. The van der Waals surface area contributed by atoms with Gasteiger partial charge >= 0.3 is 0 Å². The second-order valence-corrected chi connectivity index (χ2v) is 9.57. The number of nitrogens with zero attached hydrogens (tertiary/aromatic N) is 2. The molecule has 1 aromatic carbocycles. The van der Waals surface area contributed by atoms with Crippen LogP contribution in [0, 0.1) is 5.41 Å². The highest BCUT2D eigenvalue weighted by atomic mass is 16.5. The van der Waals surface area contributed by atoms with Gasteiger partial charge in [0.1, 0.15) is 23.1 Å². The molecule has 2 aliphatic carbocycles. The molecule has 5 rings (SSSR count). The van der Waals surface area contributed by atoms with Crippen molar-refractivity contribution in [1.82, 2.24) is 10.4 Å². The molecule has 1 aromatic heterocycles. The molecule has 4 N–H and O–H groups in total. The summed E-state index contributed by atoms with van der Waals surface area (Å²) < 4.78 is 6.45. The van der Waals surface area contributed by atoms with Crippen LogP contribution in [-0.4, -0.2) is 34.6 Å². The maximum absolute atomic E-state index is 9.08. The van der Waals surface area contributed by atoms with Crippen molar-refractivity contribution in [2.75, 3.05) is 7.05 Å². The molecule has 0 spiro atoms. The van der Waals surface area contributed by atoms with Gasteiger partial charge < -0.3 is 10.5 Å². The lowest BCUT2D eigenvalue weighted by Gasteiger charge is -2.38. The Labute approximate surface area is 190 Å². The minimum atomic E-state index is 0.354. The van der Waals surface area contributed by atoms with Crippen LogP contribution in [0.3, 0.4) is 0 Å². The first kappa shape index (κ1) is 21.0. The van der Waals surface area contributed by atoms with Crippen molar-refractivity contribution in [2.24, 2.45) is 5.73 Å². The Morgan fingerprint density at radius 3 is 2.62 bits per heavy atom. The fourth-order valence-electron chi connectivity index (χ4n) is 5.19. The van der Waals surface area contributed by atoms with Gasteiger partial charge in [0, 0.05) is 41.8 Å². The topological polar surface area (TPSA) is 84.0 Å². The molecule has 0 amide bonds. The van der Waals surface area contributed by atoms with Gasteiger partial charge in [-0.3, -0.25) is 4.98 Å². The quantitative estimate of drug-likeness (QED) is 0.580. The summed E-state index contributed by atoms with van der Waals surface area (Å²) in [7, 11) is 2.12. The Bertz CT molecular complexity index is 1110. The van der Waals surface area contributed by atoms with Gasteiger partial charge in [0.2, 0.25) is 0 Å². The van der Waals surface area contributed by atoms with Crippen LogP contribution >= 0.6 is 0 Å². The Morgan fingerprint density at radius 2 is 1.94 bits per heavy atom. The smallest absolute Gasteiger partial charge is 0.256 e. The Balaban J connectivity index is 1.50. The van der Waals surface area contributed by atoms with Crippen LogP contribution in [0.15, 0.2) is 47.8 Å². The normalized spacial score (nSPS) is 25.2. The number of pyridine rings is 1. The lowest BCUT2D eigenvalue weighted by molar-refractivity contribution is -0.882. The number of fused-ring (bicyclic) bond motifs is 1. The Hall–Kier alpha value is -2.86. The highest BCUT2D eigenvalue weighted by molar-refractivity contribution is 6.05. The van der Waals surface area contributed by atoms with Gasteiger partial charge in [0.05, 0.1) is 18.7 Å². The van der Waals surface area contributed by atoms with Gasteiger partial charge in [-0.15, -0.1) is 0 Å². The zero-order valence-corrected chi connectivity index (χ0v) is 19.2. The second kappa shape index (κ2) is 8.24. The van der Waals surface area contributed by atoms with E-state index in [1.807, 2.05) is 31.3 Å². The Kier molecular flexibility index (Phi) is 5.41. The average molecular weight is 433 g/mol. The highest BCUT2D eigenvalue weighted by Gasteiger charge is 2.48. The molecule has 168 valence electrons. The summed E-state index contributed by atoms with van der Waals surface area (Å²) in [5.41, 5.74) is 14.3. The summed E-state index contributed by atoms with van der Waals surface area (Å²) in [6, 6.07) is 8.67. The fraction of sp³-hybridized carbons (Fsp3) is 0.462. The summed E-state index contributed by atoms with van der Waals surface area (Å²) in [5, 5.41) is 10.1. The molecule has 32 heavy (non-hydrogen) atoms. The number of allylic oxidation sites excluding steroid dienone is 1. The van der Waals surface area contributed by atoms with Crippen molar-refractivity contribution in [1.29, 1.82) is 5.41 Å². The molecular weight excluding hydrogens is 398 g/mol. The zero-order valence-electron chi connectivity index (χ0n) is 19.2. The summed E-state index contributed by atoms with van der Waals surface area (Å²) in [6.07, 6.45) is 13.7. The fourth-order valence-corrected chi connectivity index (χ4v) is 5.19. The first-order chi connectivity index (χ1) is 15.5. The SMILES string of the molecule is CC=C(N)C1=C(c2cnc3cc(OC4CCC4)ccc3c2)N[N+](C)(C2CCCCC2)C1=N. The number of rotatable bonds is 5. The van der Waals surface area contributed by atoms with E-state index in [4.69, 9.17) is 20.9 Å². The zero-order chi connectivity index (χ0) is 22.3. The van der Waals surface area contributed by atoms with Crippen molar-refractivity contribution in [3.63, 3.8) is 0 Å². The second-order valence-electron chi connectivity index (χ2n) is 9.57. The lowest BCUT2D eigenvalue weighted by atomic mass is 9.93. The maximum atomic E-state index is 9.08. The number of aromatic nitrogens is 1. The molecule has 2 aromatic rings. The standard InChI is InChI=1S/C26H34N5O/c1-3-22(27)24-25(30-31(2,26(24)28)19-8-5-4-6-9-19)18-14-17-12-13-21(15-23(17)29-16-18)32-20-10-7-11-20/h3,12-16,19-20,28,30H,4-11,27H2,1-2H3/q+1. The van der Waals surface area contributed by atoms with E-state index in [2.05, 4.69) is 24.6 Å². The van der Waals surface area contributed by atoms with E-state index in [0.29, 0.717) is 28.3 Å². The van der Waals surface area contributed by atoms with E-state index in [0.717, 1.165) is 59.2 Å². The largest absolute Gasteiger partial charge is 0.490 e. The molecule has 6 heteroatoms. The van der Waals surface area contributed by atoms with Gasteiger partial charge in [-0.2, -0.15) is 4.59 Å². The molecular formula is C26H34N5O+. The van der Waals surface area contributed by atoms with Crippen molar-refractivity contribution in [2.45, 2.75) is 70.4 Å². The van der Waals surface area contributed by atoms with E-state index in [1.165, 1.54) is 25.7 Å². The summed E-state index contributed by atoms with van der Waals surface area (Å²) >= 11 is 0.